The third kappa shape index (κ3) is 5.88. The lowest BCUT2D eigenvalue weighted by atomic mass is 10.0. The number of amides is 2. The van der Waals surface area contributed by atoms with Crippen LogP contribution < -0.4 is 10.6 Å². The van der Waals surface area contributed by atoms with E-state index in [0.717, 1.165) is 11.1 Å². The number of hydrogen-bond acceptors (Lipinski definition) is 3. The van der Waals surface area contributed by atoms with Crippen LogP contribution in [0.4, 0.5) is 10.1 Å². The van der Waals surface area contributed by atoms with Crippen LogP contribution in [0, 0.1) is 12.7 Å². The van der Waals surface area contributed by atoms with Crippen molar-refractivity contribution in [3.63, 3.8) is 0 Å². The summed E-state index contributed by atoms with van der Waals surface area (Å²) in [6, 6.07) is 13.4. The van der Waals surface area contributed by atoms with Gasteiger partial charge in [-0.05, 0) is 56.2 Å². The zero-order chi connectivity index (χ0) is 19.1. The van der Waals surface area contributed by atoms with E-state index in [-0.39, 0.29) is 34.7 Å². The molecule has 0 aliphatic rings. The first kappa shape index (κ1) is 20.0. The van der Waals surface area contributed by atoms with Gasteiger partial charge < -0.3 is 10.6 Å². The highest BCUT2D eigenvalue weighted by Crippen LogP contribution is 2.19. The number of hydrogen-bond donors (Lipinski definition) is 2. The number of thioether (sulfide) groups is 1. The summed E-state index contributed by atoms with van der Waals surface area (Å²) in [5.74, 6) is -0.552. The van der Waals surface area contributed by atoms with E-state index in [1.54, 1.807) is 6.92 Å². The topological polar surface area (TPSA) is 58.2 Å². The van der Waals surface area contributed by atoms with Crippen molar-refractivity contribution in [3.8, 4) is 0 Å². The van der Waals surface area contributed by atoms with E-state index in [0.29, 0.717) is 5.69 Å². The Kier molecular flexibility index (Phi) is 7.21. The van der Waals surface area contributed by atoms with Crippen LogP contribution in [0.15, 0.2) is 48.5 Å². The fraction of sp³-hybridized carbons (Fsp3) is 0.300. The number of anilines is 1. The van der Waals surface area contributed by atoms with Gasteiger partial charge in [-0.1, -0.05) is 24.3 Å². The van der Waals surface area contributed by atoms with Gasteiger partial charge in [-0.2, -0.15) is 0 Å². The lowest BCUT2D eigenvalue weighted by molar-refractivity contribution is -0.120. The molecule has 26 heavy (non-hydrogen) atoms. The van der Waals surface area contributed by atoms with Crippen LogP contribution in [0.25, 0.3) is 0 Å². The zero-order valence-electron chi connectivity index (χ0n) is 15.1. The Labute approximate surface area is 157 Å². The Morgan fingerprint density at radius 3 is 2.38 bits per heavy atom. The van der Waals surface area contributed by atoms with Crippen molar-refractivity contribution in [2.75, 3.05) is 11.1 Å². The number of carbonyl (C=O) groups is 2. The number of halogens is 1. The molecule has 0 fully saturated rings. The van der Waals surface area contributed by atoms with Crippen LogP contribution in [0.5, 0.6) is 0 Å². The maximum atomic E-state index is 12.9. The molecule has 2 amide bonds. The van der Waals surface area contributed by atoms with Crippen LogP contribution in [-0.2, 0) is 9.59 Å². The monoisotopic (exact) mass is 374 g/mol. The predicted octanol–water partition coefficient (Wildman–Crippen LogP) is 4.07. The molecule has 0 aliphatic carbocycles. The van der Waals surface area contributed by atoms with Gasteiger partial charge >= 0.3 is 0 Å². The summed E-state index contributed by atoms with van der Waals surface area (Å²) in [4.78, 5) is 24.3. The predicted molar refractivity (Wildman–Crippen MR) is 105 cm³/mol. The van der Waals surface area contributed by atoms with E-state index >= 15 is 0 Å². The second-order valence-electron chi connectivity index (χ2n) is 6.10. The van der Waals surface area contributed by atoms with E-state index < -0.39 is 0 Å². The van der Waals surface area contributed by atoms with Crippen LogP contribution in [-0.4, -0.2) is 22.8 Å². The van der Waals surface area contributed by atoms with Gasteiger partial charge in [0, 0.05) is 5.69 Å². The lowest BCUT2D eigenvalue weighted by Gasteiger charge is -2.19. The third-order valence-corrected chi connectivity index (χ3v) is 5.12. The number of aryl methyl sites for hydroxylation is 1. The molecular formula is C20H23FN2O2S. The molecule has 0 saturated heterocycles. The molecule has 0 spiro atoms. The van der Waals surface area contributed by atoms with Crippen molar-refractivity contribution < 1.29 is 14.0 Å². The molecule has 0 aromatic heterocycles. The fourth-order valence-electron chi connectivity index (χ4n) is 2.49. The van der Waals surface area contributed by atoms with Crippen molar-refractivity contribution in [2.24, 2.45) is 0 Å². The third-order valence-electron chi connectivity index (χ3n) is 3.98. The Morgan fingerprint density at radius 1 is 1.08 bits per heavy atom. The van der Waals surface area contributed by atoms with Gasteiger partial charge in [0.05, 0.1) is 17.0 Å². The first-order valence-electron chi connectivity index (χ1n) is 8.39. The van der Waals surface area contributed by atoms with Gasteiger partial charge in [0.2, 0.25) is 11.8 Å². The Morgan fingerprint density at radius 2 is 1.73 bits per heavy atom. The average Bonchev–Trinajstić information content (AvgIpc) is 2.61. The second-order valence-corrected chi connectivity index (χ2v) is 7.42. The minimum atomic E-state index is -0.361. The molecule has 2 N–H and O–H groups in total. The van der Waals surface area contributed by atoms with Crippen LogP contribution in [0.2, 0.25) is 0 Å². The second kappa shape index (κ2) is 9.38. The van der Waals surface area contributed by atoms with Crippen LogP contribution >= 0.6 is 11.8 Å². The Balaban J connectivity index is 1.80. The molecule has 0 aliphatic heterocycles. The van der Waals surface area contributed by atoms with Crippen molar-refractivity contribution in [2.45, 2.75) is 32.1 Å². The van der Waals surface area contributed by atoms with Gasteiger partial charge in [-0.25, -0.2) is 4.39 Å². The first-order chi connectivity index (χ1) is 12.4. The highest BCUT2D eigenvalue weighted by Gasteiger charge is 2.18. The Hall–Kier alpha value is -2.34. The van der Waals surface area contributed by atoms with Gasteiger partial charge in [0.15, 0.2) is 0 Å². The normalized spacial score (nSPS) is 12.9. The van der Waals surface area contributed by atoms with Gasteiger partial charge in [0.25, 0.3) is 0 Å². The standard InChI is InChI=1S/C20H23FN2O2S/c1-13-6-4-5-7-18(13)14(2)22-20(25)15(3)26-12-19(24)23-17-10-8-16(21)9-11-17/h4-11,14-15H,12H2,1-3H3,(H,22,25)(H,23,24). The van der Waals surface area contributed by atoms with E-state index in [2.05, 4.69) is 10.6 Å². The molecule has 2 aromatic carbocycles. The Bertz CT molecular complexity index is 765. The van der Waals surface area contributed by atoms with Crippen molar-refractivity contribution in [1.82, 2.24) is 5.32 Å². The zero-order valence-corrected chi connectivity index (χ0v) is 15.9. The summed E-state index contributed by atoms with van der Waals surface area (Å²) in [6.07, 6.45) is 0. The highest BCUT2D eigenvalue weighted by molar-refractivity contribution is 8.01. The van der Waals surface area contributed by atoms with Crippen molar-refractivity contribution in [1.29, 1.82) is 0 Å². The molecule has 6 heteroatoms. The molecule has 2 rings (SSSR count). The smallest absolute Gasteiger partial charge is 0.234 e. The molecule has 0 bridgehead atoms. The largest absolute Gasteiger partial charge is 0.349 e. The summed E-state index contributed by atoms with van der Waals surface area (Å²) in [6.45, 7) is 5.73. The number of rotatable bonds is 7. The van der Waals surface area contributed by atoms with Gasteiger partial charge in [-0.15, -0.1) is 11.8 Å². The number of benzene rings is 2. The van der Waals surface area contributed by atoms with E-state index in [1.807, 2.05) is 38.1 Å². The molecule has 0 heterocycles. The highest BCUT2D eigenvalue weighted by atomic mass is 32.2. The summed E-state index contributed by atoms with van der Waals surface area (Å²) in [5, 5.41) is 5.30. The minimum absolute atomic E-state index is 0.0974. The van der Waals surface area contributed by atoms with Crippen LogP contribution in [0.1, 0.15) is 31.0 Å². The molecule has 4 nitrogen and oxygen atoms in total. The molecule has 138 valence electrons. The van der Waals surface area contributed by atoms with Crippen molar-refractivity contribution in [3.05, 3.63) is 65.5 Å². The average molecular weight is 374 g/mol. The number of nitrogens with one attached hydrogen (secondary N) is 2. The maximum Gasteiger partial charge on any atom is 0.234 e. The van der Waals surface area contributed by atoms with Gasteiger partial charge in [-0.3, -0.25) is 9.59 Å². The van der Waals surface area contributed by atoms with E-state index in [4.69, 9.17) is 0 Å². The molecule has 2 unspecified atom stereocenters. The fourth-order valence-corrected chi connectivity index (χ4v) is 3.18. The molecule has 0 saturated carbocycles. The molecular weight excluding hydrogens is 351 g/mol. The molecule has 2 atom stereocenters. The SMILES string of the molecule is Cc1ccccc1C(C)NC(=O)C(C)SCC(=O)Nc1ccc(F)cc1. The van der Waals surface area contributed by atoms with Crippen molar-refractivity contribution >= 4 is 29.3 Å². The van der Waals surface area contributed by atoms with Gasteiger partial charge in [0.1, 0.15) is 5.82 Å². The van der Waals surface area contributed by atoms with E-state index in [1.165, 1.54) is 36.0 Å². The maximum absolute atomic E-state index is 12.9. The summed E-state index contributed by atoms with van der Waals surface area (Å²) in [7, 11) is 0. The molecule has 0 radical (unpaired) electrons. The lowest BCUT2D eigenvalue weighted by Crippen LogP contribution is -2.34. The summed E-state index contributed by atoms with van der Waals surface area (Å²) < 4.78 is 12.9. The first-order valence-corrected chi connectivity index (χ1v) is 9.44. The minimum Gasteiger partial charge on any atom is -0.349 e. The summed E-state index contributed by atoms with van der Waals surface area (Å²) >= 11 is 1.26. The van der Waals surface area contributed by atoms with E-state index in [9.17, 15) is 14.0 Å². The molecule has 2 aromatic rings. The quantitative estimate of drug-likeness (QED) is 0.768. The summed E-state index contributed by atoms with van der Waals surface area (Å²) in [5.41, 5.74) is 2.73. The van der Waals surface area contributed by atoms with Crippen LogP contribution in [0.3, 0.4) is 0 Å². The number of carbonyl (C=O) groups excluding carboxylic acids is 2.